The maximum atomic E-state index is 13.3. The van der Waals surface area contributed by atoms with Crippen LogP contribution in [0.1, 0.15) is 6.92 Å². The van der Waals surface area contributed by atoms with Crippen LogP contribution < -0.4 is 9.64 Å². The van der Waals surface area contributed by atoms with Crippen LogP contribution in [0.4, 0.5) is 16.0 Å². The first-order valence-corrected chi connectivity index (χ1v) is 6.00. The SMILES string of the molecule is CCN(c1cccc(F)c1)c1nc(Cl)nc(OC)n1. The Labute approximate surface area is 115 Å². The number of anilines is 2. The van der Waals surface area contributed by atoms with E-state index >= 15 is 0 Å². The van der Waals surface area contributed by atoms with Crippen molar-refractivity contribution in [1.82, 2.24) is 15.0 Å². The quantitative estimate of drug-likeness (QED) is 0.863. The molecule has 7 heteroatoms. The second-order valence-corrected chi connectivity index (χ2v) is 3.95. The number of rotatable bonds is 4. The lowest BCUT2D eigenvalue weighted by Gasteiger charge is -2.20. The van der Waals surface area contributed by atoms with Crippen LogP contribution in [0.3, 0.4) is 0 Å². The summed E-state index contributed by atoms with van der Waals surface area (Å²) < 4.78 is 18.2. The molecule has 19 heavy (non-hydrogen) atoms. The van der Waals surface area contributed by atoms with Gasteiger partial charge in [0.2, 0.25) is 11.2 Å². The molecule has 2 aromatic rings. The van der Waals surface area contributed by atoms with Crippen molar-refractivity contribution in [3.05, 3.63) is 35.4 Å². The van der Waals surface area contributed by atoms with E-state index in [4.69, 9.17) is 16.3 Å². The van der Waals surface area contributed by atoms with Crippen molar-refractivity contribution in [1.29, 1.82) is 0 Å². The molecule has 0 fully saturated rings. The minimum Gasteiger partial charge on any atom is -0.467 e. The zero-order chi connectivity index (χ0) is 13.8. The van der Waals surface area contributed by atoms with Gasteiger partial charge in [-0.05, 0) is 36.7 Å². The molecule has 0 unspecified atom stereocenters. The number of benzene rings is 1. The van der Waals surface area contributed by atoms with E-state index in [0.717, 1.165) is 0 Å². The minimum absolute atomic E-state index is 0.0247. The number of hydrogen-bond donors (Lipinski definition) is 0. The van der Waals surface area contributed by atoms with Gasteiger partial charge in [-0.15, -0.1) is 0 Å². The maximum Gasteiger partial charge on any atom is 0.322 e. The average Bonchev–Trinajstić information content (AvgIpc) is 2.39. The summed E-state index contributed by atoms with van der Waals surface area (Å²) in [6.45, 7) is 2.45. The lowest BCUT2D eigenvalue weighted by molar-refractivity contribution is 0.378. The van der Waals surface area contributed by atoms with Crippen molar-refractivity contribution < 1.29 is 9.13 Å². The molecule has 2 rings (SSSR count). The lowest BCUT2D eigenvalue weighted by atomic mass is 10.3. The van der Waals surface area contributed by atoms with Crippen molar-refractivity contribution >= 4 is 23.2 Å². The van der Waals surface area contributed by atoms with E-state index < -0.39 is 0 Å². The van der Waals surface area contributed by atoms with Crippen molar-refractivity contribution in [3.63, 3.8) is 0 Å². The van der Waals surface area contributed by atoms with Gasteiger partial charge in [-0.1, -0.05) is 6.07 Å². The normalized spacial score (nSPS) is 10.3. The first-order chi connectivity index (χ1) is 9.13. The van der Waals surface area contributed by atoms with Gasteiger partial charge in [0.1, 0.15) is 5.82 Å². The molecule has 0 aliphatic carbocycles. The zero-order valence-electron chi connectivity index (χ0n) is 10.5. The van der Waals surface area contributed by atoms with E-state index in [1.54, 1.807) is 17.0 Å². The summed E-state index contributed by atoms with van der Waals surface area (Å²) in [5.74, 6) is -0.0204. The highest BCUT2D eigenvalue weighted by Crippen LogP contribution is 2.24. The van der Waals surface area contributed by atoms with E-state index in [9.17, 15) is 4.39 Å². The van der Waals surface area contributed by atoms with E-state index in [2.05, 4.69) is 15.0 Å². The van der Waals surface area contributed by atoms with Crippen molar-refractivity contribution in [2.75, 3.05) is 18.6 Å². The number of hydrogen-bond acceptors (Lipinski definition) is 5. The highest BCUT2D eigenvalue weighted by molar-refractivity contribution is 6.28. The Morgan fingerprint density at radius 2 is 2.11 bits per heavy atom. The summed E-state index contributed by atoms with van der Waals surface area (Å²) in [4.78, 5) is 13.6. The number of nitrogens with zero attached hydrogens (tertiary/aromatic N) is 4. The van der Waals surface area contributed by atoms with Crippen LogP contribution in [0.5, 0.6) is 6.01 Å². The number of halogens is 2. The summed E-state index contributed by atoms with van der Waals surface area (Å²) in [5.41, 5.74) is 0.631. The standard InChI is InChI=1S/C12H12ClFN4O/c1-3-18(9-6-4-5-8(14)7-9)11-15-10(13)16-12(17-11)19-2/h4-7H,3H2,1-2H3. The Balaban J connectivity index is 2.44. The van der Waals surface area contributed by atoms with Crippen LogP contribution in [0.2, 0.25) is 5.28 Å². The molecule has 100 valence electrons. The van der Waals surface area contributed by atoms with Crippen LogP contribution >= 0.6 is 11.6 Å². The Bertz CT molecular complexity index is 581. The Morgan fingerprint density at radius 1 is 1.32 bits per heavy atom. The molecule has 0 spiro atoms. The smallest absolute Gasteiger partial charge is 0.322 e. The van der Waals surface area contributed by atoms with Crippen LogP contribution in [0, 0.1) is 5.82 Å². The van der Waals surface area contributed by atoms with Crippen molar-refractivity contribution in [2.45, 2.75) is 6.92 Å². The van der Waals surface area contributed by atoms with E-state index in [1.165, 1.54) is 19.2 Å². The second kappa shape index (κ2) is 5.79. The minimum atomic E-state index is -0.330. The molecule has 0 aliphatic heterocycles. The third kappa shape index (κ3) is 3.08. The highest BCUT2D eigenvalue weighted by Gasteiger charge is 2.14. The van der Waals surface area contributed by atoms with Crippen LogP contribution in [-0.2, 0) is 0 Å². The Hall–Kier alpha value is -1.95. The monoisotopic (exact) mass is 282 g/mol. The van der Waals surface area contributed by atoms with E-state index in [0.29, 0.717) is 18.2 Å². The predicted molar refractivity (Wildman–Crippen MR) is 70.5 cm³/mol. The molecular weight excluding hydrogens is 271 g/mol. The Kier molecular flexibility index (Phi) is 4.11. The Morgan fingerprint density at radius 3 is 2.74 bits per heavy atom. The fraction of sp³-hybridized carbons (Fsp3) is 0.250. The molecule has 0 amide bonds. The third-order valence-electron chi connectivity index (χ3n) is 2.44. The molecule has 0 radical (unpaired) electrons. The predicted octanol–water partition coefficient (Wildman–Crippen LogP) is 2.83. The van der Waals surface area contributed by atoms with Gasteiger partial charge in [0, 0.05) is 12.2 Å². The van der Waals surface area contributed by atoms with E-state index in [-0.39, 0.29) is 17.1 Å². The zero-order valence-corrected chi connectivity index (χ0v) is 11.2. The van der Waals surface area contributed by atoms with Crippen LogP contribution in [-0.4, -0.2) is 28.6 Å². The molecule has 0 saturated carbocycles. The van der Waals surface area contributed by atoms with Crippen molar-refractivity contribution in [3.8, 4) is 6.01 Å². The van der Waals surface area contributed by atoms with Gasteiger partial charge in [0.25, 0.3) is 0 Å². The summed E-state index contributed by atoms with van der Waals surface area (Å²) >= 11 is 5.81. The number of aromatic nitrogens is 3. The van der Waals surface area contributed by atoms with Gasteiger partial charge in [0.05, 0.1) is 7.11 Å². The molecule has 1 aromatic heterocycles. The van der Waals surface area contributed by atoms with Gasteiger partial charge in [-0.25, -0.2) is 4.39 Å². The second-order valence-electron chi connectivity index (χ2n) is 3.62. The topological polar surface area (TPSA) is 51.1 Å². The molecule has 0 bridgehead atoms. The summed E-state index contributed by atoms with van der Waals surface area (Å²) in [5, 5.41) is 0.0247. The largest absolute Gasteiger partial charge is 0.467 e. The summed E-state index contributed by atoms with van der Waals surface area (Å²) in [6.07, 6.45) is 0. The first-order valence-electron chi connectivity index (χ1n) is 5.62. The van der Waals surface area contributed by atoms with Gasteiger partial charge in [-0.2, -0.15) is 15.0 Å². The van der Waals surface area contributed by atoms with Crippen LogP contribution in [0.25, 0.3) is 0 Å². The first kappa shape index (κ1) is 13.5. The van der Waals surface area contributed by atoms with Gasteiger partial charge < -0.3 is 9.64 Å². The fourth-order valence-corrected chi connectivity index (χ4v) is 1.77. The molecular formula is C12H12ClFN4O. The average molecular weight is 283 g/mol. The fourth-order valence-electron chi connectivity index (χ4n) is 1.62. The molecule has 5 nitrogen and oxygen atoms in total. The van der Waals surface area contributed by atoms with Gasteiger partial charge in [0.15, 0.2) is 0 Å². The third-order valence-corrected chi connectivity index (χ3v) is 2.60. The van der Waals surface area contributed by atoms with Gasteiger partial charge >= 0.3 is 6.01 Å². The van der Waals surface area contributed by atoms with Gasteiger partial charge in [-0.3, -0.25) is 0 Å². The maximum absolute atomic E-state index is 13.3. The van der Waals surface area contributed by atoms with Crippen LogP contribution in [0.15, 0.2) is 24.3 Å². The molecule has 1 heterocycles. The number of methoxy groups -OCH3 is 1. The summed E-state index contributed by atoms with van der Waals surface area (Å²) in [7, 11) is 1.44. The molecule has 0 aliphatic rings. The number of ether oxygens (including phenoxy) is 1. The summed E-state index contributed by atoms with van der Waals surface area (Å²) in [6, 6.07) is 6.26. The molecule has 1 aromatic carbocycles. The molecule has 0 saturated heterocycles. The molecule has 0 atom stereocenters. The molecule has 0 N–H and O–H groups in total. The lowest BCUT2D eigenvalue weighted by Crippen LogP contribution is -2.19. The van der Waals surface area contributed by atoms with E-state index in [1.807, 2.05) is 6.92 Å². The van der Waals surface area contributed by atoms with Crippen molar-refractivity contribution in [2.24, 2.45) is 0 Å². The highest BCUT2D eigenvalue weighted by atomic mass is 35.5.